The van der Waals surface area contributed by atoms with E-state index in [-0.39, 0.29) is 24.5 Å². The Morgan fingerprint density at radius 1 is 1.27 bits per heavy atom. The lowest BCUT2D eigenvalue weighted by Gasteiger charge is -2.06. The van der Waals surface area contributed by atoms with Crippen molar-refractivity contribution in [2.45, 2.75) is 6.42 Å². The van der Waals surface area contributed by atoms with Crippen LogP contribution >= 0.6 is 0 Å². The Hall–Kier alpha value is -3.01. The van der Waals surface area contributed by atoms with Gasteiger partial charge in [-0.25, -0.2) is 0 Å². The molecule has 0 aliphatic rings. The molecule has 2 N–H and O–H groups in total. The van der Waals surface area contributed by atoms with E-state index >= 15 is 0 Å². The standard InChI is InChI=1S/C15H17N3O4/c1-21-13-5-3-12(4-6-13)18-15(20)11(9-16)10-17-8-7-14(19)22-2/h3-6,10,17H,7-8H2,1-2H3,(H,18,20)/b11-10-. The molecular weight excluding hydrogens is 286 g/mol. The molecule has 7 heteroatoms. The minimum atomic E-state index is -0.543. The van der Waals surface area contributed by atoms with E-state index < -0.39 is 5.91 Å². The largest absolute Gasteiger partial charge is 0.497 e. The molecule has 7 nitrogen and oxygen atoms in total. The highest BCUT2D eigenvalue weighted by Crippen LogP contribution is 2.15. The molecule has 0 saturated heterocycles. The van der Waals surface area contributed by atoms with Crippen LogP contribution in [0.1, 0.15) is 6.42 Å². The number of ether oxygens (including phenoxy) is 2. The zero-order valence-corrected chi connectivity index (χ0v) is 12.4. The second kappa shape index (κ2) is 9.02. The summed E-state index contributed by atoms with van der Waals surface area (Å²) in [5.74, 6) is -0.251. The Kier molecular flexibility index (Phi) is 6.99. The van der Waals surface area contributed by atoms with Crippen LogP contribution in [0.15, 0.2) is 36.0 Å². The third-order valence-corrected chi connectivity index (χ3v) is 2.66. The number of nitrogens with zero attached hydrogens (tertiary/aromatic N) is 1. The van der Waals surface area contributed by atoms with Crippen LogP contribution < -0.4 is 15.4 Å². The normalized spacial score (nSPS) is 10.3. The van der Waals surface area contributed by atoms with Crippen LogP contribution in [0.3, 0.4) is 0 Å². The van der Waals surface area contributed by atoms with Gasteiger partial charge in [0, 0.05) is 18.4 Å². The Balaban J connectivity index is 2.56. The van der Waals surface area contributed by atoms with Gasteiger partial charge >= 0.3 is 5.97 Å². The van der Waals surface area contributed by atoms with E-state index in [1.54, 1.807) is 37.4 Å². The SMILES string of the molecule is COC(=O)CCN/C=C(/C#N)C(=O)Nc1ccc(OC)cc1. The Morgan fingerprint density at radius 3 is 2.50 bits per heavy atom. The van der Waals surface area contributed by atoms with Gasteiger partial charge in [0.15, 0.2) is 0 Å². The molecule has 1 amide bonds. The van der Waals surface area contributed by atoms with Crippen molar-refractivity contribution in [1.82, 2.24) is 5.32 Å². The fraction of sp³-hybridized carbons (Fsp3) is 0.267. The molecule has 0 saturated carbocycles. The van der Waals surface area contributed by atoms with Crippen LogP contribution in [0, 0.1) is 11.3 Å². The summed E-state index contributed by atoms with van der Waals surface area (Å²) in [5, 5.41) is 14.3. The van der Waals surface area contributed by atoms with E-state index in [9.17, 15) is 9.59 Å². The van der Waals surface area contributed by atoms with Crippen LogP contribution in [0.2, 0.25) is 0 Å². The maximum atomic E-state index is 11.9. The molecule has 22 heavy (non-hydrogen) atoms. The lowest BCUT2D eigenvalue weighted by atomic mass is 10.2. The molecule has 0 bridgehead atoms. The first kappa shape index (κ1) is 17.0. The maximum absolute atomic E-state index is 11.9. The Labute approximate surface area is 128 Å². The summed E-state index contributed by atoms with van der Waals surface area (Å²) in [6.07, 6.45) is 1.41. The molecule has 0 aliphatic carbocycles. The molecule has 0 fully saturated rings. The number of hydrogen-bond acceptors (Lipinski definition) is 6. The van der Waals surface area contributed by atoms with E-state index in [1.807, 2.05) is 0 Å². The summed E-state index contributed by atoms with van der Waals surface area (Å²) in [6, 6.07) is 8.51. The summed E-state index contributed by atoms with van der Waals surface area (Å²) < 4.78 is 9.49. The molecule has 1 aromatic carbocycles. The van der Waals surface area contributed by atoms with Crippen molar-refractivity contribution in [1.29, 1.82) is 5.26 Å². The van der Waals surface area contributed by atoms with E-state index in [0.29, 0.717) is 11.4 Å². The first-order valence-electron chi connectivity index (χ1n) is 6.46. The summed E-state index contributed by atoms with van der Waals surface area (Å²) in [7, 11) is 2.84. The molecule has 0 aliphatic heterocycles. The second-order valence-corrected chi connectivity index (χ2v) is 4.13. The molecule has 0 spiro atoms. The molecule has 0 heterocycles. The van der Waals surface area contributed by atoms with Gasteiger partial charge in [0.05, 0.1) is 20.6 Å². The third kappa shape index (κ3) is 5.54. The van der Waals surface area contributed by atoms with E-state index in [2.05, 4.69) is 15.4 Å². The van der Waals surface area contributed by atoms with Gasteiger partial charge in [-0.3, -0.25) is 9.59 Å². The predicted molar refractivity (Wildman–Crippen MR) is 80.0 cm³/mol. The predicted octanol–water partition coefficient (Wildman–Crippen LogP) is 1.19. The zero-order valence-electron chi connectivity index (χ0n) is 12.4. The number of benzene rings is 1. The number of carbonyl (C=O) groups excluding carboxylic acids is 2. The van der Waals surface area contributed by atoms with E-state index in [4.69, 9.17) is 10.00 Å². The smallest absolute Gasteiger partial charge is 0.307 e. The minimum absolute atomic E-state index is 0.0966. The Bertz CT molecular complexity index is 588. The fourth-order valence-electron chi connectivity index (χ4n) is 1.47. The van der Waals surface area contributed by atoms with Crippen LogP contribution in [0.4, 0.5) is 5.69 Å². The number of esters is 1. The summed E-state index contributed by atoms with van der Waals surface area (Å²) in [4.78, 5) is 22.8. The van der Waals surface area contributed by atoms with Gasteiger partial charge in [0.1, 0.15) is 17.4 Å². The molecule has 0 unspecified atom stereocenters. The average Bonchev–Trinajstić information content (AvgIpc) is 2.55. The monoisotopic (exact) mass is 303 g/mol. The number of anilines is 1. The van der Waals surface area contributed by atoms with Crippen molar-refractivity contribution < 1.29 is 19.1 Å². The van der Waals surface area contributed by atoms with E-state index in [1.165, 1.54) is 13.3 Å². The fourth-order valence-corrected chi connectivity index (χ4v) is 1.47. The molecule has 0 aromatic heterocycles. The second-order valence-electron chi connectivity index (χ2n) is 4.13. The first-order valence-corrected chi connectivity index (χ1v) is 6.46. The van der Waals surface area contributed by atoms with Gasteiger partial charge in [-0.1, -0.05) is 0 Å². The number of nitriles is 1. The van der Waals surface area contributed by atoms with Crippen LogP contribution in [0.25, 0.3) is 0 Å². The molecule has 1 rings (SSSR count). The number of rotatable bonds is 7. The molecule has 0 radical (unpaired) electrons. The maximum Gasteiger partial charge on any atom is 0.307 e. The minimum Gasteiger partial charge on any atom is -0.497 e. The highest BCUT2D eigenvalue weighted by molar-refractivity contribution is 6.06. The van der Waals surface area contributed by atoms with Gasteiger partial charge in [0.2, 0.25) is 0 Å². The summed E-state index contributed by atoms with van der Waals surface area (Å²) in [5.41, 5.74) is 0.446. The van der Waals surface area contributed by atoms with E-state index in [0.717, 1.165) is 0 Å². The van der Waals surface area contributed by atoms with Gasteiger partial charge < -0.3 is 20.1 Å². The Morgan fingerprint density at radius 2 is 1.95 bits per heavy atom. The summed E-state index contributed by atoms with van der Waals surface area (Å²) in [6.45, 7) is 0.271. The van der Waals surface area contributed by atoms with Gasteiger partial charge in [-0.2, -0.15) is 5.26 Å². The third-order valence-electron chi connectivity index (χ3n) is 2.66. The van der Waals surface area contributed by atoms with Gasteiger partial charge in [0.25, 0.3) is 5.91 Å². The number of carbonyl (C=O) groups is 2. The van der Waals surface area contributed by atoms with Crippen molar-refractivity contribution in [3.8, 4) is 11.8 Å². The average molecular weight is 303 g/mol. The number of nitrogens with one attached hydrogen (secondary N) is 2. The first-order chi connectivity index (χ1) is 10.6. The molecule has 0 atom stereocenters. The van der Waals surface area contributed by atoms with Crippen LogP contribution in [0.5, 0.6) is 5.75 Å². The molecule has 116 valence electrons. The topological polar surface area (TPSA) is 100 Å². The highest BCUT2D eigenvalue weighted by atomic mass is 16.5. The summed E-state index contributed by atoms with van der Waals surface area (Å²) >= 11 is 0. The van der Waals surface area contributed by atoms with Crippen molar-refractivity contribution in [2.75, 3.05) is 26.1 Å². The highest BCUT2D eigenvalue weighted by Gasteiger charge is 2.09. The lowest BCUT2D eigenvalue weighted by molar-refractivity contribution is -0.140. The molecule has 1 aromatic rings. The number of methoxy groups -OCH3 is 2. The lowest BCUT2D eigenvalue weighted by Crippen LogP contribution is -2.18. The van der Waals surface area contributed by atoms with Gasteiger partial charge in [-0.05, 0) is 24.3 Å². The number of hydrogen-bond donors (Lipinski definition) is 2. The molecular formula is C15H17N3O4. The van der Waals surface area contributed by atoms with Crippen LogP contribution in [-0.2, 0) is 14.3 Å². The van der Waals surface area contributed by atoms with Crippen molar-refractivity contribution >= 4 is 17.6 Å². The van der Waals surface area contributed by atoms with Crippen molar-refractivity contribution in [3.63, 3.8) is 0 Å². The van der Waals surface area contributed by atoms with Crippen LogP contribution in [-0.4, -0.2) is 32.6 Å². The van der Waals surface area contributed by atoms with Crippen molar-refractivity contribution in [3.05, 3.63) is 36.0 Å². The quantitative estimate of drug-likeness (QED) is 0.340. The number of amides is 1. The van der Waals surface area contributed by atoms with Gasteiger partial charge in [-0.15, -0.1) is 0 Å². The zero-order chi connectivity index (χ0) is 16.4. The van der Waals surface area contributed by atoms with Crippen molar-refractivity contribution in [2.24, 2.45) is 0 Å².